The molecule has 17 heavy (non-hydrogen) atoms. The van der Waals surface area contributed by atoms with Crippen LogP contribution in [0.15, 0.2) is 24.3 Å². The predicted molar refractivity (Wildman–Crippen MR) is 64.7 cm³/mol. The molecule has 0 radical (unpaired) electrons. The average molecular weight is 236 g/mol. The maximum atomic E-state index is 11.5. The minimum atomic E-state index is -0.165. The zero-order valence-electron chi connectivity index (χ0n) is 9.52. The van der Waals surface area contributed by atoms with Crippen LogP contribution in [0.4, 0.5) is 11.4 Å². The van der Waals surface area contributed by atoms with Gasteiger partial charge in [-0.3, -0.25) is 4.79 Å². The maximum absolute atomic E-state index is 11.5. The molecular weight excluding hydrogens is 220 g/mol. The van der Waals surface area contributed by atoms with Crippen LogP contribution in [0.2, 0.25) is 0 Å². The molecule has 1 heterocycles. The molecule has 3 N–H and O–H groups in total. The first-order valence-corrected chi connectivity index (χ1v) is 5.59. The fraction of sp³-hybridized carbons (Fsp3) is 0.417. The number of hydrogen-bond acceptors (Lipinski definition) is 4. The average Bonchev–Trinajstić information content (AvgIpc) is 2.83. The Morgan fingerprint density at radius 2 is 2.24 bits per heavy atom. The first-order chi connectivity index (χ1) is 8.24. The molecule has 1 fully saturated rings. The van der Waals surface area contributed by atoms with E-state index in [1.807, 2.05) is 0 Å². The van der Waals surface area contributed by atoms with E-state index < -0.39 is 0 Å². The third-order valence-corrected chi connectivity index (χ3v) is 2.53. The summed E-state index contributed by atoms with van der Waals surface area (Å²) in [5.41, 5.74) is 6.93. The highest BCUT2D eigenvalue weighted by Gasteiger charge is 2.17. The van der Waals surface area contributed by atoms with Crippen LogP contribution in [0.5, 0.6) is 0 Å². The molecule has 5 heteroatoms. The summed E-state index contributed by atoms with van der Waals surface area (Å²) in [6.07, 6.45) is 0.905. The molecule has 0 spiro atoms. The van der Waals surface area contributed by atoms with E-state index in [-0.39, 0.29) is 18.6 Å². The van der Waals surface area contributed by atoms with Gasteiger partial charge < -0.3 is 20.5 Å². The molecule has 0 saturated carbocycles. The van der Waals surface area contributed by atoms with E-state index in [4.69, 9.17) is 15.2 Å². The number of amides is 1. The van der Waals surface area contributed by atoms with Gasteiger partial charge in [0, 0.05) is 18.0 Å². The van der Waals surface area contributed by atoms with Crippen LogP contribution in [0.1, 0.15) is 6.42 Å². The quantitative estimate of drug-likeness (QED) is 0.765. The number of hydrogen-bond donors (Lipinski definition) is 2. The number of anilines is 2. The summed E-state index contributed by atoms with van der Waals surface area (Å²) in [4.78, 5) is 11.5. The number of ether oxygens (including phenoxy) is 2. The Hall–Kier alpha value is -1.59. The second-order valence-corrected chi connectivity index (χ2v) is 3.97. The Morgan fingerprint density at radius 1 is 1.47 bits per heavy atom. The first kappa shape index (κ1) is 11.9. The van der Waals surface area contributed by atoms with Gasteiger partial charge in [-0.15, -0.1) is 0 Å². The van der Waals surface area contributed by atoms with Crippen LogP contribution in [0.3, 0.4) is 0 Å². The lowest BCUT2D eigenvalue weighted by atomic mass is 10.3. The van der Waals surface area contributed by atoms with Crippen molar-refractivity contribution in [2.45, 2.75) is 12.5 Å². The molecule has 0 aromatic heterocycles. The minimum Gasteiger partial charge on any atom is -0.399 e. The van der Waals surface area contributed by atoms with E-state index in [1.54, 1.807) is 24.3 Å². The second kappa shape index (κ2) is 5.65. The van der Waals surface area contributed by atoms with Gasteiger partial charge in [0.1, 0.15) is 6.61 Å². The van der Waals surface area contributed by atoms with Gasteiger partial charge in [0.25, 0.3) is 0 Å². The third-order valence-electron chi connectivity index (χ3n) is 2.53. The molecule has 0 aliphatic carbocycles. The fourth-order valence-corrected chi connectivity index (χ4v) is 1.60. The highest BCUT2D eigenvalue weighted by molar-refractivity contribution is 5.91. The Morgan fingerprint density at radius 3 is 2.88 bits per heavy atom. The Kier molecular flexibility index (Phi) is 3.95. The third kappa shape index (κ3) is 3.72. The summed E-state index contributed by atoms with van der Waals surface area (Å²) in [5.74, 6) is -0.165. The normalized spacial score (nSPS) is 19.2. The standard InChI is InChI=1S/C12H16N2O3/c13-9-1-3-10(4-2-9)14-12(15)8-17-11-5-6-16-7-11/h1-4,11H,5-8,13H2,(H,14,15). The van der Waals surface area contributed by atoms with Crippen molar-refractivity contribution in [2.75, 3.05) is 30.9 Å². The highest BCUT2D eigenvalue weighted by atomic mass is 16.5. The van der Waals surface area contributed by atoms with E-state index in [1.165, 1.54) is 0 Å². The van der Waals surface area contributed by atoms with Gasteiger partial charge in [0.05, 0.1) is 12.7 Å². The van der Waals surface area contributed by atoms with Crippen LogP contribution < -0.4 is 11.1 Å². The maximum Gasteiger partial charge on any atom is 0.250 e. The number of nitrogens with two attached hydrogens (primary N) is 1. The molecule has 0 bridgehead atoms. The van der Waals surface area contributed by atoms with Crippen molar-refractivity contribution >= 4 is 17.3 Å². The first-order valence-electron chi connectivity index (χ1n) is 5.59. The molecule has 1 amide bonds. The van der Waals surface area contributed by atoms with Gasteiger partial charge in [0.2, 0.25) is 5.91 Å². The monoisotopic (exact) mass is 236 g/mol. The van der Waals surface area contributed by atoms with Gasteiger partial charge in [-0.25, -0.2) is 0 Å². The molecule has 2 rings (SSSR count). The molecule has 1 aliphatic heterocycles. The van der Waals surface area contributed by atoms with Crippen molar-refractivity contribution < 1.29 is 14.3 Å². The smallest absolute Gasteiger partial charge is 0.250 e. The minimum absolute atomic E-state index is 0.0483. The summed E-state index contributed by atoms with van der Waals surface area (Å²) < 4.78 is 10.5. The zero-order chi connectivity index (χ0) is 12.1. The highest BCUT2D eigenvalue weighted by Crippen LogP contribution is 2.11. The molecule has 1 aromatic rings. The van der Waals surface area contributed by atoms with E-state index >= 15 is 0 Å². The molecule has 92 valence electrons. The van der Waals surface area contributed by atoms with E-state index in [0.717, 1.165) is 12.1 Å². The summed E-state index contributed by atoms with van der Waals surface area (Å²) in [6, 6.07) is 6.99. The number of rotatable bonds is 4. The lowest BCUT2D eigenvalue weighted by Gasteiger charge is -2.10. The summed E-state index contributed by atoms with van der Waals surface area (Å²) in [5, 5.41) is 2.73. The van der Waals surface area contributed by atoms with Gasteiger partial charge in [-0.2, -0.15) is 0 Å². The SMILES string of the molecule is Nc1ccc(NC(=O)COC2CCOC2)cc1. The van der Waals surface area contributed by atoms with Crippen LogP contribution in [0, 0.1) is 0 Å². The van der Waals surface area contributed by atoms with Gasteiger partial charge in [-0.05, 0) is 30.7 Å². The van der Waals surface area contributed by atoms with E-state index in [0.29, 0.717) is 18.9 Å². The summed E-state index contributed by atoms with van der Waals surface area (Å²) in [6.45, 7) is 1.35. The van der Waals surface area contributed by atoms with Gasteiger partial charge in [-0.1, -0.05) is 0 Å². The topological polar surface area (TPSA) is 73.6 Å². The number of benzene rings is 1. The number of nitrogens with one attached hydrogen (secondary N) is 1. The summed E-state index contributed by atoms with van der Waals surface area (Å²) >= 11 is 0. The van der Waals surface area contributed by atoms with Gasteiger partial charge >= 0.3 is 0 Å². The molecule has 1 atom stereocenters. The number of carbonyl (C=O) groups excluding carboxylic acids is 1. The predicted octanol–water partition coefficient (Wildman–Crippen LogP) is 1.01. The number of carbonyl (C=O) groups is 1. The van der Waals surface area contributed by atoms with Crippen molar-refractivity contribution in [3.63, 3.8) is 0 Å². The molecule has 1 unspecified atom stereocenters. The van der Waals surface area contributed by atoms with Crippen LogP contribution in [0.25, 0.3) is 0 Å². The van der Waals surface area contributed by atoms with Crippen molar-refractivity contribution in [1.29, 1.82) is 0 Å². The molecule has 5 nitrogen and oxygen atoms in total. The molecular formula is C12H16N2O3. The van der Waals surface area contributed by atoms with Crippen molar-refractivity contribution in [3.05, 3.63) is 24.3 Å². The number of nitrogen functional groups attached to an aromatic ring is 1. The Labute approximate surface area is 99.9 Å². The zero-order valence-corrected chi connectivity index (χ0v) is 9.52. The van der Waals surface area contributed by atoms with Crippen LogP contribution >= 0.6 is 0 Å². The molecule has 1 aliphatic rings. The largest absolute Gasteiger partial charge is 0.399 e. The van der Waals surface area contributed by atoms with Crippen LogP contribution in [-0.4, -0.2) is 31.8 Å². The van der Waals surface area contributed by atoms with E-state index in [2.05, 4.69) is 5.32 Å². The van der Waals surface area contributed by atoms with E-state index in [9.17, 15) is 4.79 Å². The van der Waals surface area contributed by atoms with Gasteiger partial charge in [0.15, 0.2) is 0 Å². The van der Waals surface area contributed by atoms with Crippen molar-refractivity contribution in [1.82, 2.24) is 0 Å². The second-order valence-electron chi connectivity index (χ2n) is 3.97. The fourth-order valence-electron chi connectivity index (χ4n) is 1.60. The Balaban J connectivity index is 1.74. The summed E-state index contributed by atoms with van der Waals surface area (Å²) in [7, 11) is 0. The van der Waals surface area contributed by atoms with Crippen molar-refractivity contribution in [3.8, 4) is 0 Å². The van der Waals surface area contributed by atoms with Crippen LogP contribution in [-0.2, 0) is 14.3 Å². The molecule has 1 aromatic carbocycles. The molecule has 1 saturated heterocycles. The lowest BCUT2D eigenvalue weighted by Crippen LogP contribution is -2.23. The lowest BCUT2D eigenvalue weighted by molar-refractivity contribution is -0.122. The Bertz CT molecular complexity index is 372. The van der Waals surface area contributed by atoms with Crippen molar-refractivity contribution in [2.24, 2.45) is 0 Å².